The lowest BCUT2D eigenvalue weighted by Gasteiger charge is -2.27. The molecule has 0 aromatic heterocycles. The highest BCUT2D eigenvalue weighted by molar-refractivity contribution is 6.31. The maximum Gasteiger partial charge on any atom is 0.162 e. The summed E-state index contributed by atoms with van der Waals surface area (Å²) >= 11 is 6.16. The monoisotopic (exact) mass is 242 g/mol. The van der Waals surface area contributed by atoms with Crippen molar-refractivity contribution in [3.63, 3.8) is 0 Å². The van der Waals surface area contributed by atoms with E-state index in [4.69, 9.17) is 16.3 Å². The summed E-state index contributed by atoms with van der Waals surface area (Å²) < 4.78 is 5.72. The highest BCUT2D eigenvalue weighted by atomic mass is 35.5. The average molecular weight is 243 g/mol. The van der Waals surface area contributed by atoms with Crippen LogP contribution in [0.1, 0.15) is 34.1 Å². The molecular weight excluding hydrogens is 224 g/mol. The summed E-state index contributed by atoms with van der Waals surface area (Å²) in [5.41, 5.74) is 0.712. The second-order valence-corrected chi connectivity index (χ2v) is 4.83. The molecule has 0 aromatic carbocycles. The molecule has 2 atom stereocenters. The van der Waals surface area contributed by atoms with Crippen molar-refractivity contribution < 1.29 is 9.53 Å². The molecule has 16 heavy (non-hydrogen) atoms. The number of hydrogen-bond acceptors (Lipinski definition) is 2. The molecule has 0 heterocycles. The van der Waals surface area contributed by atoms with E-state index in [0.29, 0.717) is 17.0 Å². The van der Waals surface area contributed by atoms with Crippen LogP contribution in [0.25, 0.3) is 0 Å². The van der Waals surface area contributed by atoms with Crippen LogP contribution >= 0.6 is 11.6 Å². The number of ether oxygens (including phenoxy) is 1. The third-order valence-corrected chi connectivity index (χ3v) is 2.87. The summed E-state index contributed by atoms with van der Waals surface area (Å²) in [5.74, 6) is 0.276. The number of carbonyl (C=O) groups excluding carboxylic acids is 1. The Morgan fingerprint density at radius 3 is 2.62 bits per heavy atom. The molecule has 0 amide bonds. The highest BCUT2D eigenvalue weighted by Gasteiger charge is 2.26. The van der Waals surface area contributed by atoms with Crippen LogP contribution < -0.4 is 0 Å². The van der Waals surface area contributed by atoms with Gasteiger partial charge in [-0.2, -0.15) is 0 Å². The number of halogens is 1. The summed E-state index contributed by atoms with van der Waals surface area (Å²) in [6.07, 6.45) is 4.21. The molecule has 2 unspecified atom stereocenters. The maximum absolute atomic E-state index is 11.6. The summed E-state index contributed by atoms with van der Waals surface area (Å²) in [5, 5.41) is 0.625. The fraction of sp³-hybridized carbons (Fsp3) is 0.615. The van der Waals surface area contributed by atoms with Gasteiger partial charge in [-0.15, -0.1) is 0 Å². The Hall–Kier alpha value is -0.600. The van der Waals surface area contributed by atoms with Gasteiger partial charge in [0.05, 0.1) is 12.2 Å². The molecule has 2 nitrogen and oxygen atoms in total. The van der Waals surface area contributed by atoms with E-state index in [2.05, 4.69) is 0 Å². The summed E-state index contributed by atoms with van der Waals surface area (Å²) in [6, 6.07) is 0. The molecule has 0 spiro atoms. The van der Waals surface area contributed by atoms with E-state index in [1.807, 2.05) is 33.8 Å². The molecule has 3 heteroatoms. The molecule has 1 aliphatic carbocycles. The zero-order valence-electron chi connectivity index (χ0n) is 10.3. The Bertz CT molecular complexity index is 329. The largest absolute Gasteiger partial charge is 0.369 e. The second kappa shape index (κ2) is 5.65. The van der Waals surface area contributed by atoms with E-state index in [1.165, 1.54) is 0 Å². The molecule has 90 valence electrons. The predicted molar refractivity (Wildman–Crippen MR) is 66.5 cm³/mol. The van der Waals surface area contributed by atoms with Crippen LogP contribution in [0.3, 0.4) is 0 Å². The standard InChI is InChI=1S/C13H19ClO2/c1-5-12(15)10-6-9(4)13(11(14)7-10)16-8(2)3/h6-9,13H,5H2,1-4H3. The molecule has 0 radical (unpaired) electrons. The SMILES string of the molecule is CCC(=O)C1=CC(C)C(OC(C)C)C(Cl)=C1. The first kappa shape index (κ1) is 13.5. The first-order valence-corrected chi connectivity index (χ1v) is 6.11. The van der Waals surface area contributed by atoms with Gasteiger partial charge >= 0.3 is 0 Å². The van der Waals surface area contributed by atoms with E-state index >= 15 is 0 Å². The zero-order chi connectivity index (χ0) is 12.3. The van der Waals surface area contributed by atoms with Crippen molar-refractivity contribution in [2.45, 2.75) is 46.3 Å². The normalized spacial score (nSPS) is 25.4. The Kier molecular flexibility index (Phi) is 4.75. The van der Waals surface area contributed by atoms with Gasteiger partial charge in [0.25, 0.3) is 0 Å². The molecular formula is C13H19ClO2. The maximum atomic E-state index is 11.6. The number of rotatable bonds is 4. The topological polar surface area (TPSA) is 26.3 Å². The van der Waals surface area contributed by atoms with E-state index in [0.717, 1.165) is 0 Å². The van der Waals surface area contributed by atoms with Crippen molar-refractivity contribution in [3.05, 3.63) is 22.8 Å². The van der Waals surface area contributed by atoms with E-state index in [1.54, 1.807) is 6.08 Å². The van der Waals surface area contributed by atoms with Crippen molar-refractivity contribution >= 4 is 17.4 Å². The zero-order valence-corrected chi connectivity index (χ0v) is 11.0. The van der Waals surface area contributed by atoms with Gasteiger partial charge < -0.3 is 4.74 Å². The number of hydrogen-bond donors (Lipinski definition) is 0. The van der Waals surface area contributed by atoms with Crippen LogP contribution in [-0.2, 0) is 9.53 Å². The molecule has 1 aliphatic rings. The number of ketones is 1. The van der Waals surface area contributed by atoms with Gasteiger partial charge in [-0.3, -0.25) is 4.79 Å². The van der Waals surface area contributed by atoms with Crippen LogP contribution in [0.5, 0.6) is 0 Å². The van der Waals surface area contributed by atoms with Crippen LogP contribution in [0, 0.1) is 5.92 Å². The lowest BCUT2D eigenvalue weighted by molar-refractivity contribution is -0.115. The van der Waals surface area contributed by atoms with Crippen LogP contribution in [0.4, 0.5) is 0 Å². The molecule has 0 bridgehead atoms. The van der Waals surface area contributed by atoms with Gasteiger partial charge in [0, 0.05) is 22.9 Å². The minimum Gasteiger partial charge on any atom is -0.369 e. The first-order valence-electron chi connectivity index (χ1n) is 5.73. The third-order valence-electron chi connectivity index (χ3n) is 2.55. The molecule has 0 saturated heterocycles. The minimum atomic E-state index is -0.116. The average Bonchev–Trinajstić information content (AvgIpc) is 2.21. The summed E-state index contributed by atoms with van der Waals surface area (Å²) in [7, 11) is 0. The van der Waals surface area contributed by atoms with Gasteiger partial charge in [-0.1, -0.05) is 31.5 Å². The van der Waals surface area contributed by atoms with Gasteiger partial charge in [0.15, 0.2) is 5.78 Å². The van der Waals surface area contributed by atoms with Gasteiger partial charge in [-0.25, -0.2) is 0 Å². The fourth-order valence-corrected chi connectivity index (χ4v) is 2.13. The van der Waals surface area contributed by atoms with Crippen molar-refractivity contribution in [1.82, 2.24) is 0 Å². The van der Waals surface area contributed by atoms with Crippen LogP contribution in [0.15, 0.2) is 22.8 Å². The Balaban J connectivity index is 2.84. The number of allylic oxidation sites excluding steroid dienone is 2. The molecule has 0 aromatic rings. The van der Waals surface area contributed by atoms with Crippen molar-refractivity contribution in [3.8, 4) is 0 Å². The van der Waals surface area contributed by atoms with Crippen molar-refractivity contribution in [2.75, 3.05) is 0 Å². The van der Waals surface area contributed by atoms with E-state index < -0.39 is 0 Å². The van der Waals surface area contributed by atoms with Crippen molar-refractivity contribution in [1.29, 1.82) is 0 Å². The van der Waals surface area contributed by atoms with Crippen LogP contribution in [0.2, 0.25) is 0 Å². The third kappa shape index (κ3) is 3.19. The lowest BCUT2D eigenvalue weighted by Crippen LogP contribution is -2.27. The molecule has 0 aliphatic heterocycles. The number of Topliss-reactive ketones (excluding diaryl/α,β-unsaturated/α-hetero) is 1. The number of carbonyl (C=O) groups is 1. The lowest BCUT2D eigenvalue weighted by atomic mass is 9.92. The van der Waals surface area contributed by atoms with Gasteiger partial charge in [-0.05, 0) is 19.9 Å². The Morgan fingerprint density at radius 1 is 1.56 bits per heavy atom. The molecule has 0 saturated carbocycles. The first-order chi connectivity index (χ1) is 7.45. The predicted octanol–water partition coefficient (Wildman–Crippen LogP) is 3.46. The van der Waals surface area contributed by atoms with Gasteiger partial charge in [0.2, 0.25) is 0 Å². The Morgan fingerprint density at radius 2 is 2.19 bits per heavy atom. The summed E-state index contributed by atoms with van der Waals surface area (Å²) in [4.78, 5) is 11.6. The Labute approximate surface area is 102 Å². The van der Waals surface area contributed by atoms with E-state index in [-0.39, 0.29) is 23.9 Å². The fourth-order valence-electron chi connectivity index (χ4n) is 1.76. The smallest absolute Gasteiger partial charge is 0.162 e. The highest BCUT2D eigenvalue weighted by Crippen LogP contribution is 2.29. The molecule has 1 rings (SSSR count). The van der Waals surface area contributed by atoms with Crippen molar-refractivity contribution in [2.24, 2.45) is 5.92 Å². The second-order valence-electron chi connectivity index (χ2n) is 4.39. The van der Waals surface area contributed by atoms with Crippen LogP contribution in [-0.4, -0.2) is 18.0 Å². The molecule has 0 N–H and O–H groups in total. The summed E-state index contributed by atoms with van der Waals surface area (Å²) in [6.45, 7) is 7.83. The molecule has 0 fully saturated rings. The van der Waals surface area contributed by atoms with E-state index in [9.17, 15) is 4.79 Å². The minimum absolute atomic E-state index is 0.116. The van der Waals surface area contributed by atoms with Gasteiger partial charge in [0.1, 0.15) is 0 Å². The quantitative estimate of drug-likeness (QED) is 0.755.